The van der Waals surface area contributed by atoms with Crippen LogP contribution in [0.3, 0.4) is 0 Å². The number of anilines is 1. The van der Waals surface area contributed by atoms with Gasteiger partial charge in [-0.05, 0) is 30.2 Å². The molecule has 2 aromatic carbocycles. The molecule has 0 N–H and O–H groups in total. The molecule has 0 saturated carbocycles. The standard InChI is InChI=1S/C19H20FN3O3/c20-16-7-4-15(5-8-16)6-9-19(24)22-12-10-21(11-13-22)17-2-1-3-18(14-17)23(25)26/h1-5,7-8,14H,6,9-13H2. The van der Waals surface area contributed by atoms with Crippen molar-refractivity contribution in [3.8, 4) is 0 Å². The maximum absolute atomic E-state index is 12.9. The summed E-state index contributed by atoms with van der Waals surface area (Å²) in [5, 5.41) is 10.9. The maximum Gasteiger partial charge on any atom is 0.271 e. The van der Waals surface area contributed by atoms with Crippen LogP contribution in [-0.2, 0) is 11.2 Å². The van der Waals surface area contributed by atoms with Crippen molar-refractivity contribution in [3.63, 3.8) is 0 Å². The van der Waals surface area contributed by atoms with Crippen LogP contribution < -0.4 is 4.90 Å². The third-order valence-electron chi connectivity index (χ3n) is 4.58. The molecular formula is C19H20FN3O3. The number of hydrogen-bond donors (Lipinski definition) is 0. The first kappa shape index (κ1) is 17.8. The summed E-state index contributed by atoms with van der Waals surface area (Å²) in [6, 6.07) is 12.7. The van der Waals surface area contributed by atoms with Crippen molar-refractivity contribution in [2.24, 2.45) is 0 Å². The van der Waals surface area contributed by atoms with Crippen LogP contribution in [0.4, 0.5) is 15.8 Å². The highest BCUT2D eigenvalue weighted by molar-refractivity contribution is 5.76. The third-order valence-corrected chi connectivity index (χ3v) is 4.58. The van der Waals surface area contributed by atoms with Gasteiger partial charge < -0.3 is 9.80 Å². The summed E-state index contributed by atoms with van der Waals surface area (Å²) in [6.45, 7) is 2.46. The van der Waals surface area contributed by atoms with Gasteiger partial charge >= 0.3 is 0 Å². The molecular weight excluding hydrogens is 337 g/mol. The van der Waals surface area contributed by atoms with Gasteiger partial charge in [0.25, 0.3) is 5.69 Å². The van der Waals surface area contributed by atoms with Crippen LogP contribution in [0.2, 0.25) is 0 Å². The number of non-ortho nitro benzene ring substituents is 1. The zero-order valence-electron chi connectivity index (χ0n) is 14.3. The third kappa shape index (κ3) is 4.36. The van der Waals surface area contributed by atoms with Gasteiger partial charge in [-0.3, -0.25) is 14.9 Å². The van der Waals surface area contributed by atoms with Crippen LogP contribution in [0, 0.1) is 15.9 Å². The van der Waals surface area contributed by atoms with Gasteiger partial charge in [-0.1, -0.05) is 18.2 Å². The van der Waals surface area contributed by atoms with Crippen molar-refractivity contribution in [1.82, 2.24) is 4.90 Å². The van der Waals surface area contributed by atoms with Gasteiger partial charge in [0, 0.05) is 50.4 Å². The van der Waals surface area contributed by atoms with Crippen LogP contribution in [-0.4, -0.2) is 41.9 Å². The predicted octanol–water partition coefficient (Wildman–Crippen LogP) is 3.02. The number of nitrogens with zero attached hydrogens (tertiary/aromatic N) is 3. The number of amides is 1. The smallest absolute Gasteiger partial charge is 0.271 e. The van der Waals surface area contributed by atoms with Crippen molar-refractivity contribution >= 4 is 17.3 Å². The Morgan fingerprint density at radius 3 is 2.42 bits per heavy atom. The molecule has 0 spiro atoms. The van der Waals surface area contributed by atoms with Crippen LogP contribution >= 0.6 is 0 Å². The van der Waals surface area contributed by atoms with Gasteiger partial charge in [0.15, 0.2) is 0 Å². The first-order valence-corrected chi connectivity index (χ1v) is 8.54. The summed E-state index contributed by atoms with van der Waals surface area (Å²) in [7, 11) is 0. The molecule has 6 nitrogen and oxygen atoms in total. The molecule has 0 bridgehead atoms. The van der Waals surface area contributed by atoms with E-state index in [0.717, 1.165) is 11.3 Å². The van der Waals surface area contributed by atoms with E-state index >= 15 is 0 Å². The number of carbonyl (C=O) groups is 1. The quantitative estimate of drug-likeness (QED) is 0.609. The predicted molar refractivity (Wildman–Crippen MR) is 96.6 cm³/mol. The van der Waals surface area contributed by atoms with Gasteiger partial charge in [-0.2, -0.15) is 0 Å². The SMILES string of the molecule is O=C(CCc1ccc(F)cc1)N1CCN(c2cccc([N+](=O)[O-])c2)CC1. The molecule has 0 radical (unpaired) electrons. The highest BCUT2D eigenvalue weighted by Crippen LogP contribution is 2.22. The average molecular weight is 357 g/mol. The number of rotatable bonds is 5. The second kappa shape index (κ2) is 7.95. The molecule has 1 saturated heterocycles. The molecule has 0 aromatic heterocycles. The molecule has 0 unspecified atom stereocenters. The van der Waals surface area contributed by atoms with E-state index in [9.17, 15) is 19.3 Å². The van der Waals surface area contributed by atoms with Crippen molar-refractivity contribution in [2.45, 2.75) is 12.8 Å². The number of nitro benzene ring substituents is 1. The minimum absolute atomic E-state index is 0.0697. The topological polar surface area (TPSA) is 66.7 Å². The lowest BCUT2D eigenvalue weighted by molar-refractivity contribution is -0.384. The number of halogens is 1. The average Bonchev–Trinajstić information content (AvgIpc) is 2.67. The second-order valence-corrected chi connectivity index (χ2v) is 6.27. The molecule has 7 heteroatoms. The molecule has 26 heavy (non-hydrogen) atoms. The van der Waals surface area contributed by atoms with Crippen LogP contribution in [0.5, 0.6) is 0 Å². The Morgan fingerprint density at radius 1 is 1.08 bits per heavy atom. The Kier molecular flexibility index (Phi) is 5.46. The molecule has 1 aliphatic rings. The molecule has 1 amide bonds. The normalized spacial score (nSPS) is 14.3. The zero-order valence-corrected chi connectivity index (χ0v) is 14.3. The fraction of sp³-hybridized carbons (Fsp3) is 0.316. The molecule has 1 heterocycles. The van der Waals surface area contributed by atoms with Gasteiger partial charge in [0.1, 0.15) is 5.82 Å². The van der Waals surface area contributed by atoms with E-state index in [-0.39, 0.29) is 17.4 Å². The second-order valence-electron chi connectivity index (χ2n) is 6.27. The van der Waals surface area contributed by atoms with Crippen molar-refractivity contribution in [2.75, 3.05) is 31.1 Å². The largest absolute Gasteiger partial charge is 0.368 e. The Morgan fingerprint density at radius 2 is 1.77 bits per heavy atom. The fourth-order valence-electron chi connectivity index (χ4n) is 3.08. The Labute approximate surface area is 151 Å². The lowest BCUT2D eigenvalue weighted by Gasteiger charge is -2.36. The van der Waals surface area contributed by atoms with E-state index in [0.29, 0.717) is 39.0 Å². The van der Waals surface area contributed by atoms with Gasteiger partial charge in [-0.25, -0.2) is 4.39 Å². The minimum atomic E-state index is -0.404. The summed E-state index contributed by atoms with van der Waals surface area (Å²) < 4.78 is 12.9. The molecule has 2 aromatic rings. The lowest BCUT2D eigenvalue weighted by atomic mass is 10.1. The van der Waals surface area contributed by atoms with Crippen molar-refractivity contribution < 1.29 is 14.1 Å². The highest BCUT2D eigenvalue weighted by Gasteiger charge is 2.22. The number of piperazine rings is 1. The summed E-state index contributed by atoms with van der Waals surface area (Å²) in [4.78, 5) is 26.7. The number of nitro groups is 1. The van der Waals surface area contributed by atoms with Gasteiger partial charge in [0.05, 0.1) is 4.92 Å². The number of benzene rings is 2. The Bertz CT molecular complexity index is 787. The first-order valence-electron chi connectivity index (χ1n) is 8.54. The van der Waals surface area contributed by atoms with Gasteiger partial charge in [0.2, 0.25) is 5.91 Å². The van der Waals surface area contributed by atoms with E-state index in [2.05, 4.69) is 4.90 Å². The van der Waals surface area contributed by atoms with Crippen molar-refractivity contribution in [1.29, 1.82) is 0 Å². The summed E-state index contributed by atoms with van der Waals surface area (Å²) in [5.41, 5.74) is 1.81. The van der Waals surface area contributed by atoms with E-state index in [1.165, 1.54) is 18.2 Å². The van der Waals surface area contributed by atoms with Crippen LogP contribution in [0.1, 0.15) is 12.0 Å². The van der Waals surface area contributed by atoms with E-state index in [1.807, 2.05) is 11.0 Å². The molecule has 1 aliphatic heterocycles. The summed E-state index contributed by atoms with van der Waals surface area (Å²) >= 11 is 0. The van der Waals surface area contributed by atoms with Crippen LogP contribution in [0.25, 0.3) is 0 Å². The lowest BCUT2D eigenvalue weighted by Crippen LogP contribution is -2.48. The number of hydrogen-bond acceptors (Lipinski definition) is 4. The molecule has 3 rings (SSSR count). The van der Waals surface area contributed by atoms with E-state index < -0.39 is 4.92 Å². The highest BCUT2D eigenvalue weighted by atomic mass is 19.1. The molecule has 0 aliphatic carbocycles. The van der Waals surface area contributed by atoms with Crippen molar-refractivity contribution in [3.05, 3.63) is 70.0 Å². The monoisotopic (exact) mass is 357 g/mol. The van der Waals surface area contributed by atoms with E-state index in [1.54, 1.807) is 24.3 Å². The molecule has 136 valence electrons. The van der Waals surface area contributed by atoms with E-state index in [4.69, 9.17) is 0 Å². The molecule has 0 atom stereocenters. The summed E-state index contributed by atoms with van der Waals surface area (Å²) in [6.07, 6.45) is 0.979. The maximum atomic E-state index is 12.9. The number of aryl methyl sites for hydroxylation is 1. The zero-order chi connectivity index (χ0) is 18.5. The van der Waals surface area contributed by atoms with Crippen LogP contribution in [0.15, 0.2) is 48.5 Å². The Hall–Kier alpha value is -2.96. The summed E-state index contributed by atoms with van der Waals surface area (Å²) in [5.74, 6) is -0.203. The minimum Gasteiger partial charge on any atom is -0.368 e. The number of carbonyl (C=O) groups excluding carboxylic acids is 1. The van der Waals surface area contributed by atoms with Gasteiger partial charge in [-0.15, -0.1) is 0 Å². The first-order chi connectivity index (χ1) is 12.5. The Balaban J connectivity index is 1.51. The molecule has 1 fully saturated rings. The fourth-order valence-corrected chi connectivity index (χ4v) is 3.08.